The van der Waals surface area contributed by atoms with Gasteiger partial charge >= 0.3 is 18.0 Å². The zero-order chi connectivity index (χ0) is 25.3. The van der Waals surface area contributed by atoms with Crippen molar-refractivity contribution in [2.45, 2.75) is 39.2 Å². The van der Waals surface area contributed by atoms with Gasteiger partial charge in [0, 0.05) is 13.1 Å². The van der Waals surface area contributed by atoms with E-state index in [0.717, 1.165) is 19.1 Å². The summed E-state index contributed by atoms with van der Waals surface area (Å²) in [5.74, 6) is -3.62. The van der Waals surface area contributed by atoms with Gasteiger partial charge in [-0.15, -0.1) is 0 Å². The molecule has 3 amide bonds. The summed E-state index contributed by atoms with van der Waals surface area (Å²) in [5, 5.41) is 0. The molecule has 184 valence electrons. The summed E-state index contributed by atoms with van der Waals surface area (Å²) < 4.78 is 15.4. The van der Waals surface area contributed by atoms with E-state index in [9.17, 15) is 24.0 Å². The lowest BCUT2D eigenvalue weighted by molar-refractivity contribution is -0.176. The molecule has 0 N–H and O–H groups in total. The number of likely N-dealkylation sites (tertiary alicyclic amines) is 1. The van der Waals surface area contributed by atoms with Crippen molar-refractivity contribution in [2.75, 3.05) is 33.9 Å². The molecule has 0 aliphatic carbocycles. The summed E-state index contributed by atoms with van der Waals surface area (Å²) in [6.07, 6.45) is -0.00722. The third-order valence-corrected chi connectivity index (χ3v) is 6.23. The summed E-state index contributed by atoms with van der Waals surface area (Å²) in [4.78, 5) is 67.1. The van der Waals surface area contributed by atoms with Gasteiger partial charge in [0.15, 0.2) is 5.41 Å². The number of hydrogen-bond donors (Lipinski definition) is 0. The van der Waals surface area contributed by atoms with Crippen LogP contribution < -0.4 is 0 Å². The smallest absolute Gasteiger partial charge is 0.410 e. The first kappa shape index (κ1) is 25.2. The van der Waals surface area contributed by atoms with Crippen molar-refractivity contribution in [1.82, 2.24) is 9.80 Å². The van der Waals surface area contributed by atoms with Crippen molar-refractivity contribution in [3.8, 4) is 0 Å². The van der Waals surface area contributed by atoms with Crippen LogP contribution in [0, 0.1) is 11.3 Å². The van der Waals surface area contributed by atoms with Crippen molar-refractivity contribution >= 4 is 29.8 Å². The van der Waals surface area contributed by atoms with E-state index in [4.69, 9.17) is 14.2 Å². The lowest BCUT2D eigenvalue weighted by Crippen LogP contribution is -2.58. The minimum absolute atomic E-state index is 0.205. The number of ether oxygens (including phenoxy) is 3. The molecule has 2 heterocycles. The van der Waals surface area contributed by atoms with E-state index >= 15 is 0 Å². The molecule has 10 nitrogen and oxygen atoms in total. The summed E-state index contributed by atoms with van der Waals surface area (Å²) >= 11 is 0. The van der Waals surface area contributed by atoms with E-state index in [1.54, 1.807) is 32.9 Å². The minimum atomic E-state index is -1.93. The van der Waals surface area contributed by atoms with Crippen molar-refractivity contribution in [2.24, 2.45) is 11.3 Å². The Bertz CT molecular complexity index is 953. The maximum Gasteiger partial charge on any atom is 0.410 e. The van der Waals surface area contributed by atoms with Crippen LogP contribution in [0.25, 0.3) is 0 Å². The van der Waals surface area contributed by atoms with E-state index < -0.39 is 53.3 Å². The topological polar surface area (TPSA) is 120 Å². The lowest BCUT2D eigenvalue weighted by atomic mass is 9.70. The maximum absolute atomic E-state index is 13.1. The van der Waals surface area contributed by atoms with Crippen molar-refractivity contribution in [3.63, 3.8) is 0 Å². The molecule has 0 unspecified atom stereocenters. The number of nitrogens with zero attached hydrogens (tertiary/aromatic N) is 2. The number of amides is 3. The zero-order valence-corrected chi connectivity index (χ0v) is 20.1. The molecule has 0 aromatic heterocycles. The van der Waals surface area contributed by atoms with Crippen LogP contribution in [0.5, 0.6) is 0 Å². The number of fused-ring (bicyclic) bond motifs is 1. The normalized spacial score (nSPS) is 16.9. The summed E-state index contributed by atoms with van der Waals surface area (Å²) in [7, 11) is 2.27. The van der Waals surface area contributed by atoms with Crippen molar-refractivity contribution in [3.05, 3.63) is 35.4 Å². The number of carbonyl (C=O) groups is 5. The molecule has 1 aromatic carbocycles. The number of carbonyl (C=O) groups excluding carboxylic acids is 5. The van der Waals surface area contributed by atoms with Gasteiger partial charge in [0.2, 0.25) is 0 Å². The Hall–Kier alpha value is -3.43. The van der Waals surface area contributed by atoms with E-state index in [1.807, 2.05) is 0 Å². The van der Waals surface area contributed by atoms with E-state index in [0.29, 0.717) is 0 Å². The number of imide groups is 1. The second-order valence-corrected chi connectivity index (χ2v) is 9.44. The monoisotopic (exact) mass is 474 g/mol. The Morgan fingerprint density at radius 1 is 0.912 bits per heavy atom. The number of benzene rings is 1. The van der Waals surface area contributed by atoms with Gasteiger partial charge in [-0.1, -0.05) is 12.1 Å². The van der Waals surface area contributed by atoms with Crippen LogP contribution in [0.2, 0.25) is 0 Å². The predicted molar refractivity (Wildman–Crippen MR) is 119 cm³/mol. The molecule has 2 aliphatic rings. The van der Waals surface area contributed by atoms with Gasteiger partial charge in [0.25, 0.3) is 11.8 Å². The Kier molecular flexibility index (Phi) is 6.99. The van der Waals surface area contributed by atoms with Gasteiger partial charge in [-0.3, -0.25) is 24.1 Å². The number of hydrogen-bond acceptors (Lipinski definition) is 8. The standard InChI is InChI=1S/C24H30N2O8/c1-23(2,3)34-22(31)25-12-10-15(11-13-25)24(20(29)32-4,21(30)33-5)14-26-18(27)16-8-6-7-9-17(16)19(26)28/h6-9,15H,10-14H2,1-5H3. The average Bonchev–Trinajstić information content (AvgIpc) is 3.05. The number of esters is 2. The summed E-state index contributed by atoms with van der Waals surface area (Å²) in [6, 6.07) is 6.31. The van der Waals surface area contributed by atoms with Gasteiger partial charge in [-0.2, -0.15) is 0 Å². The quantitative estimate of drug-likeness (QED) is 0.276. The van der Waals surface area contributed by atoms with Gasteiger partial charge in [0.1, 0.15) is 5.60 Å². The molecule has 0 saturated carbocycles. The fraction of sp³-hybridized carbons (Fsp3) is 0.542. The molecule has 3 rings (SSSR count). The fourth-order valence-electron chi connectivity index (χ4n) is 4.55. The summed E-state index contributed by atoms with van der Waals surface area (Å²) in [6.45, 7) is 5.21. The van der Waals surface area contributed by atoms with Crippen LogP contribution in [0.4, 0.5) is 4.79 Å². The zero-order valence-electron chi connectivity index (χ0n) is 20.1. The molecular weight excluding hydrogens is 444 g/mol. The number of rotatable bonds is 5. The van der Waals surface area contributed by atoms with Crippen LogP contribution in [0.1, 0.15) is 54.3 Å². The van der Waals surface area contributed by atoms with Crippen LogP contribution in [-0.2, 0) is 23.8 Å². The first-order valence-corrected chi connectivity index (χ1v) is 11.1. The van der Waals surface area contributed by atoms with Gasteiger partial charge in [-0.05, 0) is 51.7 Å². The SMILES string of the molecule is COC(=O)C(CN1C(=O)c2ccccc2C1=O)(C(=O)OC)C1CCN(C(=O)OC(C)(C)C)CC1. The third kappa shape index (κ3) is 4.49. The highest BCUT2D eigenvalue weighted by molar-refractivity contribution is 6.21. The maximum atomic E-state index is 13.1. The molecule has 0 spiro atoms. The molecule has 1 fully saturated rings. The molecule has 0 radical (unpaired) electrons. The highest BCUT2D eigenvalue weighted by atomic mass is 16.6. The van der Waals surface area contributed by atoms with Crippen molar-refractivity contribution < 1.29 is 38.2 Å². The Morgan fingerprint density at radius 2 is 1.38 bits per heavy atom. The van der Waals surface area contributed by atoms with E-state index in [1.165, 1.54) is 17.0 Å². The first-order valence-electron chi connectivity index (χ1n) is 11.1. The lowest BCUT2D eigenvalue weighted by Gasteiger charge is -2.42. The van der Waals surface area contributed by atoms with Crippen LogP contribution >= 0.6 is 0 Å². The predicted octanol–water partition coefficient (Wildman–Crippen LogP) is 2.26. The average molecular weight is 475 g/mol. The Morgan fingerprint density at radius 3 is 1.79 bits per heavy atom. The van der Waals surface area contributed by atoms with Crippen LogP contribution in [0.3, 0.4) is 0 Å². The largest absolute Gasteiger partial charge is 0.468 e. The van der Waals surface area contributed by atoms with Crippen LogP contribution in [-0.4, -0.2) is 79.1 Å². The Labute approximate surface area is 198 Å². The molecular formula is C24H30N2O8. The number of piperidine rings is 1. The van der Waals surface area contributed by atoms with E-state index in [2.05, 4.69) is 0 Å². The third-order valence-electron chi connectivity index (χ3n) is 6.23. The van der Waals surface area contributed by atoms with Crippen molar-refractivity contribution in [1.29, 1.82) is 0 Å². The molecule has 2 aliphatic heterocycles. The number of methoxy groups -OCH3 is 2. The molecule has 34 heavy (non-hydrogen) atoms. The molecule has 10 heteroatoms. The van der Waals surface area contributed by atoms with Gasteiger partial charge < -0.3 is 19.1 Å². The molecule has 1 saturated heterocycles. The molecule has 1 aromatic rings. The fourth-order valence-corrected chi connectivity index (χ4v) is 4.55. The first-order chi connectivity index (χ1) is 16.0. The summed E-state index contributed by atoms with van der Waals surface area (Å²) in [5.41, 5.74) is -2.19. The minimum Gasteiger partial charge on any atom is -0.468 e. The Balaban J connectivity index is 1.90. The van der Waals surface area contributed by atoms with Gasteiger partial charge in [-0.25, -0.2) is 4.79 Å². The second kappa shape index (κ2) is 9.44. The molecule has 0 atom stereocenters. The van der Waals surface area contributed by atoms with Crippen LogP contribution in [0.15, 0.2) is 24.3 Å². The highest BCUT2D eigenvalue weighted by Gasteiger charge is 2.58. The molecule has 0 bridgehead atoms. The second-order valence-electron chi connectivity index (χ2n) is 9.44. The highest BCUT2D eigenvalue weighted by Crippen LogP contribution is 2.41. The van der Waals surface area contributed by atoms with E-state index in [-0.39, 0.29) is 37.1 Å². The van der Waals surface area contributed by atoms with Gasteiger partial charge in [0.05, 0.1) is 31.9 Å².